The summed E-state index contributed by atoms with van der Waals surface area (Å²) < 4.78 is 5.62. The van der Waals surface area contributed by atoms with E-state index in [4.69, 9.17) is 4.74 Å². The zero-order valence-electron chi connectivity index (χ0n) is 14.8. The number of nitrogens with zero attached hydrogens (tertiary/aromatic N) is 2. The van der Waals surface area contributed by atoms with Crippen molar-refractivity contribution >= 4 is 17.9 Å². The molecule has 1 fully saturated rings. The zero-order valence-corrected chi connectivity index (χ0v) is 15.6. The number of amides is 1. The summed E-state index contributed by atoms with van der Waals surface area (Å²) in [4.78, 5) is 18.0. The first kappa shape index (κ1) is 18.1. The van der Waals surface area contributed by atoms with Gasteiger partial charge in [-0.05, 0) is 53.2 Å². The van der Waals surface area contributed by atoms with Crippen molar-refractivity contribution in [3.8, 4) is 0 Å². The van der Waals surface area contributed by atoms with E-state index in [1.165, 1.54) is 4.90 Å². The Morgan fingerprint density at radius 2 is 1.91 bits per heavy atom. The van der Waals surface area contributed by atoms with Crippen LogP contribution < -0.4 is 0 Å². The highest BCUT2D eigenvalue weighted by molar-refractivity contribution is 7.99. The minimum Gasteiger partial charge on any atom is -0.444 e. The van der Waals surface area contributed by atoms with Crippen LogP contribution in [0, 0.1) is 0 Å². The summed E-state index contributed by atoms with van der Waals surface area (Å²) in [5, 5.41) is 0.113. The van der Waals surface area contributed by atoms with Gasteiger partial charge in [0.2, 0.25) is 0 Å². The Labute approximate surface area is 144 Å². The Kier molecular flexibility index (Phi) is 5.98. The van der Waals surface area contributed by atoms with Crippen LogP contribution in [0.15, 0.2) is 35.2 Å². The van der Waals surface area contributed by atoms with Gasteiger partial charge in [0, 0.05) is 17.5 Å². The first-order valence-corrected chi connectivity index (χ1v) is 9.09. The van der Waals surface area contributed by atoms with Crippen molar-refractivity contribution in [2.24, 2.45) is 0 Å². The largest absolute Gasteiger partial charge is 0.444 e. The molecular formula is C18H28N2O2S. The highest BCUT2D eigenvalue weighted by Gasteiger charge is 2.34. The number of carbonyl (C=O) groups excluding carboxylic acids is 1. The molecule has 1 heterocycles. The van der Waals surface area contributed by atoms with Gasteiger partial charge in [0.05, 0.1) is 12.0 Å². The molecule has 2 rings (SSSR count). The van der Waals surface area contributed by atoms with Gasteiger partial charge < -0.3 is 4.74 Å². The molecule has 4 nitrogen and oxygen atoms in total. The number of hydrogen-bond acceptors (Lipinski definition) is 4. The molecular weight excluding hydrogens is 308 g/mol. The van der Waals surface area contributed by atoms with Crippen LogP contribution in [-0.4, -0.2) is 46.1 Å². The Morgan fingerprint density at radius 3 is 2.48 bits per heavy atom. The van der Waals surface area contributed by atoms with Crippen LogP contribution in [0.5, 0.6) is 0 Å². The molecule has 0 aliphatic carbocycles. The summed E-state index contributed by atoms with van der Waals surface area (Å²) in [6.07, 6.45) is 0.716. The second-order valence-corrected chi connectivity index (χ2v) is 8.42. The summed E-state index contributed by atoms with van der Waals surface area (Å²) in [5.41, 5.74) is -0.473. The molecule has 5 heteroatoms. The fourth-order valence-corrected chi connectivity index (χ4v) is 3.62. The number of benzene rings is 1. The Hall–Kier alpha value is -1.20. The third-order valence-electron chi connectivity index (χ3n) is 3.72. The quantitative estimate of drug-likeness (QED) is 0.818. The molecule has 1 unspecified atom stereocenters. The SMILES string of the molecule is CC(C)N1CCC(Sc2ccccc2)N(C(=O)OC(C)(C)C)C1. The summed E-state index contributed by atoms with van der Waals surface area (Å²) in [5.74, 6) is 0. The van der Waals surface area contributed by atoms with E-state index < -0.39 is 5.60 Å². The second kappa shape index (κ2) is 7.58. The van der Waals surface area contributed by atoms with E-state index in [1.54, 1.807) is 11.8 Å². The molecule has 0 bridgehead atoms. The fraction of sp³-hybridized carbons (Fsp3) is 0.611. The summed E-state index contributed by atoms with van der Waals surface area (Å²) >= 11 is 1.74. The molecule has 1 amide bonds. The van der Waals surface area contributed by atoms with Gasteiger partial charge >= 0.3 is 6.09 Å². The fourth-order valence-electron chi connectivity index (χ4n) is 2.49. The van der Waals surface area contributed by atoms with Crippen molar-refractivity contribution in [2.75, 3.05) is 13.2 Å². The molecule has 0 aromatic heterocycles. The topological polar surface area (TPSA) is 32.8 Å². The monoisotopic (exact) mass is 336 g/mol. The van der Waals surface area contributed by atoms with E-state index in [-0.39, 0.29) is 11.5 Å². The van der Waals surface area contributed by atoms with Crippen molar-refractivity contribution in [2.45, 2.75) is 63.0 Å². The standard InChI is InChI=1S/C18H28N2O2S/c1-14(2)19-12-11-16(23-15-9-7-6-8-10-15)20(13-19)17(21)22-18(3,4)5/h6-10,14,16H,11-13H2,1-5H3. The van der Waals surface area contributed by atoms with Crippen LogP contribution in [0.1, 0.15) is 41.0 Å². The molecule has 1 aliphatic heterocycles. The van der Waals surface area contributed by atoms with Crippen molar-refractivity contribution in [3.05, 3.63) is 30.3 Å². The van der Waals surface area contributed by atoms with Gasteiger partial charge in [0.15, 0.2) is 0 Å². The van der Waals surface area contributed by atoms with Crippen molar-refractivity contribution in [1.82, 2.24) is 9.80 Å². The smallest absolute Gasteiger partial charge is 0.412 e. The minimum absolute atomic E-state index is 0.113. The van der Waals surface area contributed by atoms with E-state index >= 15 is 0 Å². The summed E-state index contributed by atoms with van der Waals surface area (Å²) in [6.45, 7) is 11.7. The maximum absolute atomic E-state index is 12.6. The Morgan fingerprint density at radius 1 is 1.26 bits per heavy atom. The van der Waals surface area contributed by atoms with E-state index in [1.807, 2.05) is 43.9 Å². The lowest BCUT2D eigenvalue weighted by Crippen LogP contribution is -2.54. The Balaban J connectivity index is 2.12. The van der Waals surface area contributed by atoms with Gasteiger partial charge in [0.25, 0.3) is 0 Å². The molecule has 0 N–H and O–H groups in total. The number of rotatable bonds is 3. The van der Waals surface area contributed by atoms with Crippen LogP contribution in [0.3, 0.4) is 0 Å². The first-order valence-electron chi connectivity index (χ1n) is 8.21. The van der Waals surface area contributed by atoms with Crippen LogP contribution in [-0.2, 0) is 4.74 Å². The number of ether oxygens (including phenoxy) is 1. The maximum atomic E-state index is 12.6. The molecule has 1 saturated heterocycles. The van der Waals surface area contributed by atoms with Crippen LogP contribution in [0.2, 0.25) is 0 Å². The Bertz CT molecular complexity index is 514. The van der Waals surface area contributed by atoms with Gasteiger partial charge in [-0.25, -0.2) is 4.79 Å². The molecule has 0 saturated carbocycles. The average Bonchev–Trinajstić information content (AvgIpc) is 2.46. The van der Waals surface area contributed by atoms with Gasteiger partial charge in [-0.3, -0.25) is 9.80 Å². The summed E-state index contributed by atoms with van der Waals surface area (Å²) in [7, 11) is 0. The number of carbonyl (C=O) groups is 1. The highest BCUT2D eigenvalue weighted by Crippen LogP contribution is 2.32. The van der Waals surface area contributed by atoms with E-state index in [0.717, 1.165) is 13.0 Å². The minimum atomic E-state index is -0.473. The molecule has 0 spiro atoms. The molecule has 23 heavy (non-hydrogen) atoms. The first-order chi connectivity index (χ1) is 10.8. The van der Waals surface area contributed by atoms with Crippen molar-refractivity contribution < 1.29 is 9.53 Å². The normalized spacial score (nSPS) is 19.9. The van der Waals surface area contributed by atoms with Gasteiger partial charge in [-0.2, -0.15) is 0 Å². The third-order valence-corrected chi connectivity index (χ3v) is 5.03. The summed E-state index contributed by atoms with van der Waals surface area (Å²) in [6, 6.07) is 10.7. The lowest BCUT2D eigenvalue weighted by Gasteiger charge is -2.43. The van der Waals surface area contributed by atoms with E-state index in [0.29, 0.717) is 12.7 Å². The maximum Gasteiger partial charge on any atom is 0.412 e. The highest BCUT2D eigenvalue weighted by atomic mass is 32.2. The molecule has 1 aromatic carbocycles. The molecule has 0 radical (unpaired) electrons. The van der Waals surface area contributed by atoms with E-state index in [2.05, 4.69) is 30.9 Å². The van der Waals surface area contributed by atoms with Crippen LogP contribution in [0.4, 0.5) is 4.79 Å². The van der Waals surface area contributed by atoms with Crippen molar-refractivity contribution in [3.63, 3.8) is 0 Å². The number of hydrogen-bond donors (Lipinski definition) is 0. The lowest BCUT2D eigenvalue weighted by molar-refractivity contribution is -0.00749. The van der Waals surface area contributed by atoms with Gasteiger partial charge in [-0.1, -0.05) is 18.2 Å². The second-order valence-electron chi connectivity index (χ2n) is 7.17. The van der Waals surface area contributed by atoms with Crippen LogP contribution in [0.25, 0.3) is 0 Å². The molecule has 1 atom stereocenters. The third kappa shape index (κ3) is 5.43. The zero-order chi connectivity index (χ0) is 17.0. The molecule has 1 aliphatic rings. The molecule has 128 valence electrons. The van der Waals surface area contributed by atoms with Gasteiger partial charge in [0.1, 0.15) is 5.60 Å². The van der Waals surface area contributed by atoms with Crippen molar-refractivity contribution in [1.29, 1.82) is 0 Å². The van der Waals surface area contributed by atoms with Crippen LogP contribution >= 0.6 is 11.8 Å². The molecule has 1 aromatic rings. The van der Waals surface area contributed by atoms with Gasteiger partial charge in [-0.15, -0.1) is 11.8 Å². The predicted molar refractivity (Wildman–Crippen MR) is 95.5 cm³/mol. The van der Waals surface area contributed by atoms with E-state index in [9.17, 15) is 4.79 Å². The predicted octanol–water partition coefficient (Wildman–Crippen LogP) is 4.41. The lowest BCUT2D eigenvalue weighted by atomic mass is 10.2. The average molecular weight is 337 g/mol. The number of thioether (sulfide) groups is 1.